The van der Waals surface area contributed by atoms with Gasteiger partial charge in [-0.15, -0.1) is 0 Å². The maximum Gasteiger partial charge on any atom is 0.307 e. The molecule has 0 unspecified atom stereocenters. The van der Waals surface area contributed by atoms with E-state index in [2.05, 4.69) is 58.0 Å². The number of fused-ring (bicyclic) bond motifs is 2. The van der Waals surface area contributed by atoms with E-state index in [1.807, 2.05) is 56.4 Å². The monoisotopic (exact) mass is 673 g/mol. The van der Waals surface area contributed by atoms with E-state index in [0.717, 1.165) is 76.1 Å². The molecule has 0 fully saturated rings. The van der Waals surface area contributed by atoms with Crippen LogP contribution in [0.15, 0.2) is 83.9 Å². The number of pyridine rings is 1. The van der Waals surface area contributed by atoms with E-state index in [1.54, 1.807) is 10.7 Å². The summed E-state index contributed by atoms with van der Waals surface area (Å²) in [5.74, 6) is 1.73. The number of hydrogen-bond acceptors (Lipinski definition) is 10. The number of rotatable bonds is 13. The highest BCUT2D eigenvalue weighted by molar-refractivity contribution is 5.97. The molecule has 0 radical (unpaired) electrons. The highest BCUT2D eigenvalue weighted by Crippen LogP contribution is 2.31. The number of nitrogens with zero attached hydrogens (tertiary/aromatic N) is 6. The molecule has 6 rings (SSSR count). The Bertz CT molecular complexity index is 2100. The molecule has 0 saturated carbocycles. The predicted octanol–water partition coefficient (Wildman–Crippen LogP) is 6.54. The molecule has 3 aromatic heterocycles. The van der Waals surface area contributed by atoms with Gasteiger partial charge < -0.3 is 20.7 Å². The summed E-state index contributed by atoms with van der Waals surface area (Å²) >= 11 is 0. The fourth-order valence-corrected chi connectivity index (χ4v) is 6.12. The van der Waals surface area contributed by atoms with Gasteiger partial charge in [-0.2, -0.15) is 19.6 Å². The summed E-state index contributed by atoms with van der Waals surface area (Å²) in [5, 5.41) is 16.4. The molecule has 2 aromatic carbocycles. The van der Waals surface area contributed by atoms with Crippen LogP contribution < -0.4 is 16.0 Å². The summed E-state index contributed by atoms with van der Waals surface area (Å²) in [7, 11) is 0. The number of ether oxygens (including phenoxy) is 1. The lowest BCUT2D eigenvalue weighted by atomic mass is 9.99. The molecular formula is C38H43N9O3. The number of amides is 1. The van der Waals surface area contributed by atoms with Crippen LogP contribution in [0.2, 0.25) is 0 Å². The van der Waals surface area contributed by atoms with Crippen molar-refractivity contribution in [3.8, 4) is 11.3 Å². The molecule has 1 amide bonds. The van der Waals surface area contributed by atoms with Crippen molar-refractivity contribution in [3.63, 3.8) is 0 Å². The van der Waals surface area contributed by atoms with Crippen molar-refractivity contribution in [3.05, 3.63) is 95.0 Å². The lowest BCUT2D eigenvalue weighted by Crippen LogP contribution is -2.31. The average molecular weight is 674 g/mol. The minimum absolute atomic E-state index is 0.234. The molecule has 4 heterocycles. The van der Waals surface area contributed by atoms with Crippen LogP contribution in [-0.2, 0) is 20.9 Å². The molecule has 5 aromatic rings. The van der Waals surface area contributed by atoms with Gasteiger partial charge in [0.1, 0.15) is 5.76 Å². The standard InChI is InChI=1S/C38H43N9O3/c1-24(2)34-21-43-47-36(34)44-37(40-19-28-13-16-46(17-14-28)22-25(3)26(4)50-27(5)49)45-38(47)41-20-30-8-6-7-9-32(30)35-33-11-10-31(42-23-48)18-29(33)12-15-39-35/h6-13,15,18,21,23-24H,14,16-17,19-20,22H2,1-5H3,(H,42,48)(H2,40,41,44,45)/b26-25+. The second-order valence-corrected chi connectivity index (χ2v) is 12.9. The van der Waals surface area contributed by atoms with E-state index in [-0.39, 0.29) is 11.9 Å². The minimum Gasteiger partial charge on any atom is -0.432 e. The van der Waals surface area contributed by atoms with Crippen LogP contribution in [0.4, 0.5) is 17.6 Å². The zero-order valence-corrected chi connectivity index (χ0v) is 29.2. The third kappa shape index (κ3) is 7.81. The number of aromatic nitrogens is 5. The van der Waals surface area contributed by atoms with Crippen molar-refractivity contribution < 1.29 is 14.3 Å². The van der Waals surface area contributed by atoms with Gasteiger partial charge in [-0.25, -0.2) is 0 Å². The number of anilines is 3. The topological polar surface area (TPSA) is 139 Å². The van der Waals surface area contributed by atoms with Crippen LogP contribution in [0.1, 0.15) is 58.1 Å². The van der Waals surface area contributed by atoms with E-state index < -0.39 is 0 Å². The van der Waals surface area contributed by atoms with Crippen molar-refractivity contribution in [1.29, 1.82) is 0 Å². The Kier molecular flexibility index (Phi) is 10.5. The molecule has 1 aliphatic rings. The van der Waals surface area contributed by atoms with Crippen molar-refractivity contribution >= 4 is 46.4 Å². The molecular weight excluding hydrogens is 630 g/mol. The summed E-state index contributed by atoms with van der Waals surface area (Å²) < 4.78 is 7.03. The van der Waals surface area contributed by atoms with E-state index in [4.69, 9.17) is 19.7 Å². The SMILES string of the molecule is CC(=O)O/C(C)=C(\C)CN1CC=C(CNc2nc(NCc3ccccc3-c3nccc4cc(NC=O)ccc34)n3ncc(C(C)C)c3n2)CC1. The minimum atomic E-state index is -0.294. The molecule has 1 aliphatic heterocycles. The predicted molar refractivity (Wildman–Crippen MR) is 197 cm³/mol. The quantitative estimate of drug-likeness (QED) is 0.0546. The summed E-state index contributed by atoms with van der Waals surface area (Å²) in [4.78, 5) is 39.2. The van der Waals surface area contributed by atoms with Crippen LogP contribution in [0.3, 0.4) is 0 Å². The van der Waals surface area contributed by atoms with Crippen LogP contribution in [-0.4, -0.2) is 68.0 Å². The van der Waals surface area contributed by atoms with Crippen LogP contribution in [0.25, 0.3) is 27.7 Å². The van der Waals surface area contributed by atoms with Gasteiger partial charge in [-0.3, -0.25) is 19.5 Å². The van der Waals surface area contributed by atoms with E-state index in [1.165, 1.54) is 12.5 Å². The first kappa shape index (κ1) is 34.3. The van der Waals surface area contributed by atoms with Gasteiger partial charge in [0.2, 0.25) is 18.3 Å². The lowest BCUT2D eigenvalue weighted by Gasteiger charge is -2.27. The Morgan fingerprint density at radius 1 is 1.04 bits per heavy atom. The van der Waals surface area contributed by atoms with Crippen molar-refractivity contribution in [1.82, 2.24) is 29.5 Å². The first-order chi connectivity index (χ1) is 24.2. The van der Waals surface area contributed by atoms with Gasteiger partial charge in [-0.05, 0) is 60.9 Å². The fourth-order valence-electron chi connectivity index (χ4n) is 6.12. The molecule has 258 valence electrons. The highest BCUT2D eigenvalue weighted by Gasteiger charge is 2.18. The Morgan fingerprint density at radius 3 is 2.64 bits per heavy atom. The Balaban J connectivity index is 1.21. The molecule has 0 spiro atoms. The summed E-state index contributed by atoms with van der Waals surface area (Å²) in [6.45, 7) is 13.1. The van der Waals surface area contributed by atoms with Gasteiger partial charge in [-0.1, -0.05) is 55.8 Å². The molecule has 12 nitrogen and oxygen atoms in total. The number of hydrogen-bond donors (Lipinski definition) is 3. The maximum atomic E-state index is 11.3. The van der Waals surface area contributed by atoms with Crippen molar-refractivity contribution in [2.75, 3.05) is 42.1 Å². The van der Waals surface area contributed by atoms with E-state index in [9.17, 15) is 9.59 Å². The summed E-state index contributed by atoms with van der Waals surface area (Å²) in [6.07, 6.45) is 7.50. The first-order valence-electron chi connectivity index (χ1n) is 16.9. The van der Waals surface area contributed by atoms with Gasteiger partial charge in [0.25, 0.3) is 0 Å². The summed E-state index contributed by atoms with van der Waals surface area (Å²) in [6, 6.07) is 15.9. The second-order valence-electron chi connectivity index (χ2n) is 12.9. The number of carbonyl (C=O) groups is 2. The van der Waals surface area contributed by atoms with Crippen molar-refractivity contribution in [2.45, 2.75) is 53.5 Å². The Morgan fingerprint density at radius 2 is 1.88 bits per heavy atom. The number of benzene rings is 2. The normalized spacial score (nSPS) is 14.0. The summed E-state index contributed by atoms with van der Waals surface area (Å²) in [5.41, 5.74) is 7.79. The molecule has 50 heavy (non-hydrogen) atoms. The zero-order valence-electron chi connectivity index (χ0n) is 29.2. The van der Waals surface area contributed by atoms with Gasteiger partial charge in [0.05, 0.1) is 11.9 Å². The maximum absolute atomic E-state index is 11.3. The number of esters is 1. The molecule has 3 N–H and O–H groups in total. The van der Waals surface area contributed by atoms with Crippen LogP contribution >= 0.6 is 0 Å². The number of carbonyl (C=O) groups excluding carboxylic acids is 2. The van der Waals surface area contributed by atoms with E-state index >= 15 is 0 Å². The highest BCUT2D eigenvalue weighted by atomic mass is 16.5. The lowest BCUT2D eigenvalue weighted by molar-refractivity contribution is -0.136. The molecule has 0 aliphatic carbocycles. The molecule has 12 heteroatoms. The Labute approximate surface area is 291 Å². The first-order valence-corrected chi connectivity index (χ1v) is 16.9. The van der Waals surface area contributed by atoms with Crippen LogP contribution in [0, 0.1) is 0 Å². The zero-order chi connectivity index (χ0) is 35.2. The molecule has 0 bridgehead atoms. The average Bonchev–Trinajstić information content (AvgIpc) is 3.55. The van der Waals surface area contributed by atoms with Gasteiger partial charge >= 0.3 is 5.97 Å². The molecule has 0 atom stereocenters. The third-order valence-electron chi connectivity index (χ3n) is 8.94. The largest absolute Gasteiger partial charge is 0.432 e. The van der Waals surface area contributed by atoms with Gasteiger partial charge in [0, 0.05) is 68.0 Å². The second kappa shape index (κ2) is 15.3. The number of nitrogens with one attached hydrogen (secondary N) is 3. The third-order valence-corrected chi connectivity index (χ3v) is 8.94. The molecule has 0 saturated heterocycles. The Hall–Kier alpha value is -5.62. The smallest absolute Gasteiger partial charge is 0.307 e. The van der Waals surface area contributed by atoms with Crippen molar-refractivity contribution in [2.24, 2.45) is 0 Å². The number of allylic oxidation sites excluding steroid dienone is 1. The fraction of sp³-hybridized carbons (Fsp3) is 0.316. The van der Waals surface area contributed by atoms with E-state index in [0.29, 0.717) is 37.2 Å². The van der Waals surface area contributed by atoms with Gasteiger partial charge in [0.15, 0.2) is 5.65 Å². The van der Waals surface area contributed by atoms with Crippen LogP contribution in [0.5, 0.6) is 0 Å².